The molecule has 0 aliphatic carbocycles. The smallest absolute Gasteiger partial charge is 0.266 e. The Balaban J connectivity index is 1.61. The summed E-state index contributed by atoms with van der Waals surface area (Å²) in [5, 5.41) is 12.4. The van der Waals surface area contributed by atoms with Gasteiger partial charge in [0.05, 0.1) is 24.7 Å². The zero-order valence-corrected chi connectivity index (χ0v) is 18.0. The number of thiocarbonyl (C=S) groups is 1. The lowest BCUT2D eigenvalue weighted by molar-refractivity contribution is -0.129. The van der Waals surface area contributed by atoms with Gasteiger partial charge in [-0.3, -0.25) is 14.5 Å². The zero-order chi connectivity index (χ0) is 21.5. The SMILES string of the molecule is COc1ccc(C=C2SC(=S)N(CC(=O)NC(CO)Cc3ccccc3)C2=O)cc1. The van der Waals surface area contributed by atoms with E-state index in [1.807, 2.05) is 54.6 Å². The van der Waals surface area contributed by atoms with Gasteiger partial charge in [0.15, 0.2) is 0 Å². The molecule has 0 spiro atoms. The normalized spacial score (nSPS) is 16.1. The van der Waals surface area contributed by atoms with Crippen molar-refractivity contribution < 1.29 is 19.4 Å². The summed E-state index contributed by atoms with van der Waals surface area (Å²) >= 11 is 6.46. The molecule has 1 heterocycles. The molecule has 1 saturated heterocycles. The van der Waals surface area contributed by atoms with Crippen LogP contribution in [0.4, 0.5) is 0 Å². The molecule has 1 aliphatic heterocycles. The predicted molar refractivity (Wildman–Crippen MR) is 122 cm³/mol. The van der Waals surface area contributed by atoms with Gasteiger partial charge in [-0.1, -0.05) is 66.4 Å². The number of methoxy groups -OCH3 is 1. The molecule has 2 N–H and O–H groups in total. The molecular weight excluding hydrogens is 420 g/mol. The molecule has 6 nitrogen and oxygen atoms in total. The quantitative estimate of drug-likeness (QED) is 0.483. The lowest BCUT2D eigenvalue weighted by Crippen LogP contribution is -2.45. The summed E-state index contributed by atoms with van der Waals surface area (Å²) in [6, 6.07) is 16.4. The van der Waals surface area contributed by atoms with Crippen LogP contribution in [0.2, 0.25) is 0 Å². The van der Waals surface area contributed by atoms with E-state index < -0.39 is 6.04 Å². The molecule has 0 aromatic heterocycles. The van der Waals surface area contributed by atoms with Crippen molar-refractivity contribution in [2.75, 3.05) is 20.3 Å². The maximum absolute atomic E-state index is 12.7. The third-order valence-electron chi connectivity index (χ3n) is 4.50. The number of benzene rings is 2. The maximum atomic E-state index is 12.7. The molecule has 2 aromatic carbocycles. The van der Waals surface area contributed by atoms with Crippen LogP contribution >= 0.6 is 24.0 Å². The molecule has 3 rings (SSSR count). The van der Waals surface area contributed by atoms with Gasteiger partial charge in [-0.15, -0.1) is 0 Å². The number of nitrogens with one attached hydrogen (secondary N) is 1. The molecule has 156 valence electrons. The van der Waals surface area contributed by atoms with E-state index in [1.54, 1.807) is 13.2 Å². The standard InChI is InChI=1S/C22H22N2O4S2/c1-28-18-9-7-16(8-10-18)12-19-21(27)24(22(29)30-19)13-20(26)23-17(14-25)11-15-5-3-2-4-6-15/h2-10,12,17,25H,11,13-14H2,1H3,(H,23,26). The van der Waals surface area contributed by atoms with Crippen LogP contribution in [0.3, 0.4) is 0 Å². The number of hydrogen-bond donors (Lipinski definition) is 2. The summed E-state index contributed by atoms with van der Waals surface area (Å²) < 4.78 is 5.46. The Labute approximate surface area is 184 Å². The lowest BCUT2D eigenvalue weighted by atomic mass is 10.1. The largest absolute Gasteiger partial charge is 0.497 e. The number of ether oxygens (including phenoxy) is 1. The molecule has 8 heteroatoms. The van der Waals surface area contributed by atoms with E-state index in [0.29, 0.717) is 15.6 Å². The van der Waals surface area contributed by atoms with Gasteiger partial charge in [-0.2, -0.15) is 0 Å². The van der Waals surface area contributed by atoms with Crippen LogP contribution in [0.25, 0.3) is 6.08 Å². The number of nitrogens with zero attached hydrogens (tertiary/aromatic N) is 1. The maximum Gasteiger partial charge on any atom is 0.266 e. The summed E-state index contributed by atoms with van der Waals surface area (Å²) in [5.74, 6) is 0.0527. The van der Waals surface area contributed by atoms with E-state index in [9.17, 15) is 14.7 Å². The number of hydrogen-bond acceptors (Lipinski definition) is 6. The van der Waals surface area contributed by atoms with Crippen LogP contribution in [0.1, 0.15) is 11.1 Å². The van der Waals surface area contributed by atoms with Gasteiger partial charge in [0.2, 0.25) is 5.91 Å². The lowest BCUT2D eigenvalue weighted by Gasteiger charge is -2.19. The van der Waals surface area contributed by atoms with E-state index in [2.05, 4.69) is 5.32 Å². The summed E-state index contributed by atoms with van der Waals surface area (Å²) in [7, 11) is 1.59. The van der Waals surface area contributed by atoms with E-state index in [0.717, 1.165) is 28.6 Å². The highest BCUT2D eigenvalue weighted by Crippen LogP contribution is 2.32. The van der Waals surface area contributed by atoms with Crippen molar-refractivity contribution in [1.29, 1.82) is 0 Å². The van der Waals surface area contributed by atoms with Crippen LogP contribution in [-0.4, -0.2) is 52.4 Å². The highest BCUT2D eigenvalue weighted by Gasteiger charge is 2.33. The highest BCUT2D eigenvalue weighted by molar-refractivity contribution is 8.26. The first kappa shape index (κ1) is 22.0. The van der Waals surface area contributed by atoms with Crippen molar-refractivity contribution in [3.63, 3.8) is 0 Å². The topological polar surface area (TPSA) is 78.9 Å². The molecule has 1 aliphatic rings. The number of thioether (sulfide) groups is 1. The van der Waals surface area contributed by atoms with Crippen LogP contribution in [0.5, 0.6) is 5.75 Å². The minimum Gasteiger partial charge on any atom is -0.497 e. The molecule has 1 atom stereocenters. The second kappa shape index (κ2) is 10.4. The molecule has 2 aromatic rings. The number of aliphatic hydroxyl groups excluding tert-OH is 1. The predicted octanol–water partition coefficient (Wildman–Crippen LogP) is 2.62. The molecule has 2 amide bonds. The van der Waals surface area contributed by atoms with Crippen molar-refractivity contribution >= 4 is 46.2 Å². The molecule has 30 heavy (non-hydrogen) atoms. The second-order valence-corrected chi connectivity index (χ2v) is 8.35. The Hall–Kier alpha value is -2.68. The van der Waals surface area contributed by atoms with Gasteiger partial charge >= 0.3 is 0 Å². The Kier molecular flexibility index (Phi) is 7.62. The van der Waals surface area contributed by atoms with Crippen molar-refractivity contribution in [3.05, 3.63) is 70.6 Å². The van der Waals surface area contributed by atoms with E-state index in [4.69, 9.17) is 17.0 Å². The van der Waals surface area contributed by atoms with Crippen LogP contribution < -0.4 is 10.1 Å². The second-order valence-electron chi connectivity index (χ2n) is 6.68. The molecule has 1 unspecified atom stereocenters. The van der Waals surface area contributed by atoms with Crippen LogP contribution in [0.15, 0.2) is 59.5 Å². The van der Waals surface area contributed by atoms with Gasteiger partial charge in [0.1, 0.15) is 16.6 Å². The molecular formula is C22H22N2O4S2. The first-order valence-electron chi connectivity index (χ1n) is 9.33. The van der Waals surface area contributed by atoms with Crippen molar-refractivity contribution in [3.8, 4) is 5.75 Å². The van der Waals surface area contributed by atoms with Gasteiger partial charge in [0, 0.05) is 0 Å². The third-order valence-corrected chi connectivity index (χ3v) is 5.88. The molecule has 0 bridgehead atoms. The fourth-order valence-corrected chi connectivity index (χ4v) is 4.22. The Bertz CT molecular complexity index is 945. The van der Waals surface area contributed by atoms with E-state index in [-0.39, 0.29) is 25.0 Å². The average molecular weight is 443 g/mol. The Morgan fingerprint density at radius 3 is 2.57 bits per heavy atom. The van der Waals surface area contributed by atoms with Gasteiger partial charge in [-0.25, -0.2) is 0 Å². The monoisotopic (exact) mass is 442 g/mol. The van der Waals surface area contributed by atoms with Crippen molar-refractivity contribution in [1.82, 2.24) is 10.2 Å². The summed E-state index contributed by atoms with van der Waals surface area (Å²) in [4.78, 5) is 26.9. The number of carbonyl (C=O) groups excluding carboxylic acids is 2. The zero-order valence-electron chi connectivity index (χ0n) is 16.4. The van der Waals surface area contributed by atoms with Crippen LogP contribution in [-0.2, 0) is 16.0 Å². The van der Waals surface area contributed by atoms with E-state index in [1.165, 1.54) is 4.90 Å². The van der Waals surface area contributed by atoms with Gasteiger partial charge in [0.25, 0.3) is 5.91 Å². The van der Waals surface area contributed by atoms with E-state index >= 15 is 0 Å². The van der Waals surface area contributed by atoms with Gasteiger partial charge < -0.3 is 15.2 Å². The van der Waals surface area contributed by atoms with Crippen molar-refractivity contribution in [2.45, 2.75) is 12.5 Å². The number of amides is 2. The highest BCUT2D eigenvalue weighted by atomic mass is 32.2. The summed E-state index contributed by atoms with van der Waals surface area (Å²) in [6.07, 6.45) is 2.24. The average Bonchev–Trinajstić information content (AvgIpc) is 3.01. The van der Waals surface area contributed by atoms with Gasteiger partial charge in [-0.05, 0) is 35.8 Å². The fraction of sp³-hybridized carbons (Fsp3) is 0.227. The minimum absolute atomic E-state index is 0.185. The molecule has 0 saturated carbocycles. The first-order valence-corrected chi connectivity index (χ1v) is 10.6. The molecule has 0 radical (unpaired) electrons. The number of rotatable bonds is 8. The Morgan fingerprint density at radius 2 is 1.93 bits per heavy atom. The first-order chi connectivity index (χ1) is 14.5. The summed E-state index contributed by atoms with van der Waals surface area (Å²) in [5.41, 5.74) is 1.84. The number of carbonyl (C=O) groups is 2. The third kappa shape index (κ3) is 5.69. The fourth-order valence-electron chi connectivity index (χ4n) is 2.96. The van der Waals surface area contributed by atoms with Crippen molar-refractivity contribution in [2.24, 2.45) is 0 Å². The Morgan fingerprint density at radius 1 is 1.23 bits per heavy atom. The minimum atomic E-state index is -0.437. The molecule has 1 fully saturated rings. The van der Waals surface area contributed by atoms with Crippen LogP contribution in [0, 0.1) is 0 Å². The summed E-state index contributed by atoms with van der Waals surface area (Å²) in [6.45, 7) is -0.383. The number of aliphatic hydroxyl groups is 1.